The van der Waals surface area contributed by atoms with Gasteiger partial charge in [-0.3, -0.25) is 0 Å². The van der Waals surface area contributed by atoms with Crippen LogP contribution in [0.2, 0.25) is 5.02 Å². The highest BCUT2D eigenvalue weighted by Crippen LogP contribution is 2.61. The summed E-state index contributed by atoms with van der Waals surface area (Å²) in [7, 11) is 0. The SMILES string of the molecule is CC(C)(C)c1cc(-c2c3c(c(-c4cc(C(C)(C)C)cc(C(C)(C)C)c4)c4cc(-c5ccccc5-c5ccc6ccccc6c5)c(Cl)cc24)-c2cc4cccc5ccc6ccc-3c2c6c54)cc(C(C)(C)C)c1. The quantitative estimate of drug-likeness (QED) is 0.154. The standard InChI is InChI=1S/C70H63Cl/c1-67(2,3)48-31-46(32-49(36-48)68(4,5)6)61-56-38-55(53-23-16-15-22-52(53)44-27-24-40-18-13-14-19-43(40)30-44)59(71)39-57(56)62(47-33-50(69(7,8)9)37-51(34-47)70(10,11)12)65-54-29-28-42-26-25-41-20-17-21-45-35-58(66(61)65)64(54)63(42)60(41)45/h13-39H,1-12H3. The molecular formula is C70H63Cl. The smallest absolute Gasteiger partial charge is 0.0491 e. The van der Waals surface area contributed by atoms with E-state index in [1.165, 1.54) is 126 Å². The van der Waals surface area contributed by atoms with Crippen molar-refractivity contribution < 1.29 is 0 Å². The molecule has 0 aromatic heterocycles. The molecule has 350 valence electrons. The van der Waals surface area contributed by atoms with E-state index in [9.17, 15) is 0 Å². The lowest BCUT2D eigenvalue weighted by Crippen LogP contribution is -2.17. The van der Waals surface area contributed by atoms with E-state index in [-0.39, 0.29) is 21.7 Å². The van der Waals surface area contributed by atoms with Crippen molar-refractivity contribution in [1.29, 1.82) is 0 Å². The second-order valence-corrected chi connectivity index (χ2v) is 25.1. The Hall–Kier alpha value is -6.73. The van der Waals surface area contributed by atoms with Crippen LogP contribution >= 0.6 is 11.6 Å². The van der Waals surface area contributed by atoms with Gasteiger partial charge in [-0.05, 0) is 183 Å². The van der Waals surface area contributed by atoms with Gasteiger partial charge in [-0.25, -0.2) is 0 Å². The minimum absolute atomic E-state index is 0.0850. The van der Waals surface area contributed by atoms with Crippen molar-refractivity contribution >= 4 is 65.5 Å². The van der Waals surface area contributed by atoms with Gasteiger partial charge >= 0.3 is 0 Å². The topological polar surface area (TPSA) is 0 Å². The first-order chi connectivity index (χ1) is 33.6. The molecule has 71 heavy (non-hydrogen) atoms. The van der Waals surface area contributed by atoms with Crippen LogP contribution in [0.15, 0.2) is 164 Å². The Morgan fingerprint density at radius 2 is 0.732 bits per heavy atom. The molecule has 0 amide bonds. The van der Waals surface area contributed by atoms with Gasteiger partial charge in [0.1, 0.15) is 0 Å². The lowest BCUT2D eigenvalue weighted by Gasteiger charge is -2.29. The number of fused-ring (bicyclic) bond motifs is 5. The van der Waals surface area contributed by atoms with Crippen molar-refractivity contribution in [3.05, 3.63) is 191 Å². The van der Waals surface area contributed by atoms with E-state index in [4.69, 9.17) is 11.6 Å². The van der Waals surface area contributed by atoms with Gasteiger partial charge in [0.25, 0.3) is 0 Å². The van der Waals surface area contributed by atoms with Crippen LogP contribution < -0.4 is 0 Å². The number of hydrogen-bond donors (Lipinski definition) is 0. The Morgan fingerprint density at radius 3 is 1.32 bits per heavy atom. The molecule has 11 aromatic rings. The van der Waals surface area contributed by atoms with E-state index in [2.05, 4.69) is 247 Å². The average Bonchev–Trinajstić information content (AvgIpc) is 3.65. The number of rotatable bonds is 4. The van der Waals surface area contributed by atoms with E-state index >= 15 is 0 Å². The molecule has 0 bridgehead atoms. The molecule has 0 heterocycles. The van der Waals surface area contributed by atoms with Gasteiger partial charge in [0.15, 0.2) is 0 Å². The van der Waals surface area contributed by atoms with Crippen molar-refractivity contribution in [1.82, 2.24) is 0 Å². The predicted octanol–water partition coefficient (Wildman–Crippen LogP) is 21.0. The molecule has 0 N–H and O–H groups in total. The molecule has 0 aliphatic heterocycles. The van der Waals surface area contributed by atoms with E-state index in [0.29, 0.717) is 0 Å². The van der Waals surface area contributed by atoms with Crippen LogP contribution in [-0.4, -0.2) is 0 Å². The third-order valence-electron chi connectivity index (χ3n) is 15.7. The summed E-state index contributed by atoms with van der Waals surface area (Å²) in [5.41, 5.74) is 19.7. The minimum atomic E-state index is -0.0905. The molecule has 1 aliphatic carbocycles. The molecule has 0 radical (unpaired) electrons. The normalized spacial score (nSPS) is 13.1. The molecular weight excluding hydrogens is 876 g/mol. The second-order valence-electron chi connectivity index (χ2n) is 24.7. The number of benzene rings is 11. The van der Waals surface area contributed by atoms with Crippen molar-refractivity contribution in [3.63, 3.8) is 0 Å². The molecule has 0 atom stereocenters. The van der Waals surface area contributed by atoms with E-state index in [1.807, 2.05) is 0 Å². The minimum Gasteiger partial charge on any atom is -0.0836 e. The fourth-order valence-electron chi connectivity index (χ4n) is 11.7. The van der Waals surface area contributed by atoms with Crippen LogP contribution in [0.3, 0.4) is 0 Å². The zero-order valence-corrected chi connectivity index (χ0v) is 44.2. The van der Waals surface area contributed by atoms with Gasteiger partial charge in [0.2, 0.25) is 0 Å². The number of halogens is 1. The van der Waals surface area contributed by atoms with Crippen LogP contribution in [0.25, 0.3) is 121 Å². The lowest BCUT2D eigenvalue weighted by molar-refractivity contribution is 0.568. The first-order valence-electron chi connectivity index (χ1n) is 25.6. The van der Waals surface area contributed by atoms with Crippen molar-refractivity contribution in [3.8, 4) is 66.8 Å². The molecule has 0 unspecified atom stereocenters. The molecule has 11 aromatic carbocycles. The molecule has 1 heteroatoms. The Morgan fingerprint density at radius 1 is 0.268 bits per heavy atom. The van der Waals surface area contributed by atoms with Gasteiger partial charge < -0.3 is 0 Å². The summed E-state index contributed by atoms with van der Waals surface area (Å²) in [5, 5.41) is 13.4. The number of hydrogen-bond acceptors (Lipinski definition) is 0. The molecule has 1 aliphatic rings. The largest absolute Gasteiger partial charge is 0.0836 e. The monoisotopic (exact) mass is 938 g/mol. The highest BCUT2D eigenvalue weighted by molar-refractivity contribution is 6.38. The van der Waals surface area contributed by atoms with E-state index < -0.39 is 0 Å². The van der Waals surface area contributed by atoms with Crippen LogP contribution in [0.5, 0.6) is 0 Å². The van der Waals surface area contributed by atoms with E-state index in [1.54, 1.807) is 0 Å². The summed E-state index contributed by atoms with van der Waals surface area (Å²) in [5.74, 6) is 0. The predicted molar refractivity (Wildman–Crippen MR) is 311 cm³/mol. The van der Waals surface area contributed by atoms with E-state index in [0.717, 1.165) is 21.7 Å². The average molecular weight is 940 g/mol. The molecule has 0 fully saturated rings. The summed E-state index contributed by atoms with van der Waals surface area (Å²) in [4.78, 5) is 0. The summed E-state index contributed by atoms with van der Waals surface area (Å²) in [6.45, 7) is 28.2. The van der Waals surface area contributed by atoms with Crippen molar-refractivity contribution in [2.45, 2.75) is 105 Å². The maximum Gasteiger partial charge on any atom is 0.0491 e. The Bertz CT molecular complexity index is 3950. The highest BCUT2D eigenvalue weighted by atomic mass is 35.5. The first kappa shape index (κ1) is 45.4. The van der Waals surface area contributed by atoms with Crippen LogP contribution in [0.4, 0.5) is 0 Å². The fourth-order valence-corrected chi connectivity index (χ4v) is 12.0. The maximum atomic E-state index is 7.96. The van der Waals surface area contributed by atoms with Crippen LogP contribution in [0, 0.1) is 0 Å². The summed E-state index contributed by atoms with van der Waals surface area (Å²) >= 11 is 7.96. The molecule has 0 nitrogen and oxygen atoms in total. The molecule has 0 saturated carbocycles. The fraction of sp³-hybridized carbons (Fsp3) is 0.229. The summed E-state index contributed by atoms with van der Waals surface area (Å²) in [6.07, 6.45) is 0. The zero-order chi connectivity index (χ0) is 49.7. The summed E-state index contributed by atoms with van der Waals surface area (Å²) in [6, 6.07) is 62.8. The second kappa shape index (κ2) is 15.6. The third kappa shape index (κ3) is 7.31. The van der Waals surface area contributed by atoms with Gasteiger partial charge in [0.05, 0.1) is 0 Å². The van der Waals surface area contributed by atoms with Crippen molar-refractivity contribution in [2.75, 3.05) is 0 Å². The Kier molecular flexibility index (Phi) is 10.00. The lowest BCUT2D eigenvalue weighted by atomic mass is 9.75. The highest BCUT2D eigenvalue weighted by Gasteiger charge is 2.35. The van der Waals surface area contributed by atoms with Crippen LogP contribution in [0.1, 0.15) is 105 Å². The Labute approximate surface area is 425 Å². The molecule has 0 saturated heterocycles. The Balaban J connectivity index is 1.31. The third-order valence-corrected chi connectivity index (χ3v) is 16.1. The van der Waals surface area contributed by atoms with Gasteiger partial charge in [-0.1, -0.05) is 234 Å². The zero-order valence-electron chi connectivity index (χ0n) is 43.5. The van der Waals surface area contributed by atoms with Crippen LogP contribution in [-0.2, 0) is 21.7 Å². The van der Waals surface area contributed by atoms with Gasteiger partial charge in [0, 0.05) is 10.6 Å². The van der Waals surface area contributed by atoms with Crippen molar-refractivity contribution in [2.24, 2.45) is 0 Å². The first-order valence-corrected chi connectivity index (χ1v) is 26.0. The maximum absolute atomic E-state index is 7.96. The molecule has 12 rings (SSSR count). The summed E-state index contributed by atoms with van der Waals surface area (Å²) < 4.78 is 0. The molecule has 0 spiro atoms. The van der Waals surface area contributed by atoms with Gasteiger partial charge in [-0.15, -0.1) is 0 Å². The van der Waals surface area contributed by atoms with Gasteiger partial charge in [-0.2, -0.15) is 0 Å².